The van der Waals surface area contributed by atoms with Gasteiger partial charge in [0.1, 0.15) is 0 Å². The number of ether oxygens (including phenoxy) is 1. The lowest BCUT2D eigenvalue weighted by molar-refractivity contribution is -0.0558. The molecule has 1 fully saturated rings. The maximum Gasteiger partial charge on any atom is 0.0832 e. The average Bonchev–Trinajstić information content (AvgIpc) is 2.35. The lowest BCUT2D eigenvalue weighted by Crippen LogP contribution is -2.36. The predicted octanol–water partition coefficient (Wildman–Crippen LogP) is 3.38. The van der Waals surface area contributed by atoms with Gasteiger partial charge in [-0.3, -0.25) is 0 Å². The fourth-order valence-electron chi connectivity index (χ4n) is 2.95. The Kier molecular flexibility index (Phi) is 6.37. The lowest BCUT2D eigenvalue weighted by atomic mass is 9.77. The molecule has 0 aromatic carbocycles. The maximum absolute atomic E-state index is 10.3. The Morgan fingerprint density at radius 1 is 1.19 bits per heavy atom. The van der Waals surface area contributed by atoms with Crippen LogP contribution in [0.2, 0.25) is 0 Å². The monoisotopic (exact) mass is 228 g/mol. The molecule has 2 atom stereocenters. The largest absolute Gasteiger partial charge is 0.390 e. The van der Waals surface area contributed by atoms with E-state index >= 15 is 0 Å². The van der Waals surface area contributed by atoms with E-state index in [1.807, 2.05) is 0 Å². The van der Waals surface area contributed by atoms with Crippen LogP contribution in [0.3, 0.4) is 0 Å². The molecule has 0 heterocycles. The van der Waals surface area contributed by atoms with E-state index in [2.05, 4.69) is 13.8 Å². The van der Waals surface area contributed by atoms with Crippen molar-refractivity contribution in [2.24, 2.45) is 11.8 Å². The molecule has 96 valence electrons. The van der Waals surface area contributed by atoms with Gasteiger partial charge in [0.25, 0.3) is 0 Å². The zero-order valence-electron chi connectivity index (χ0n) is 11.1. The second-order valence-electron chi connectivity index (χ2n) is 5.24. The van der Waals surface area contributed by atoms with E-state index in [0.717, 1.165) is 18.8 Å². The molecule has 0 saturated heterocycles. The van der Waals surface area contributed by atoms with E-state index in [-0.39, 0.29) is 12.2 Å². The Bertz CT molecular complexity index is 174. The van der Waals surface area contributed by atoms with Gasteiger partial charge in [-0.1, -0.05) is 39.5 Å². The topological polar surface area (TPSA) is 29.5 Å². The highest BCUT2D eigenvalue weighted by Crippen LogP contribution is 2.34. The van der Waals surface area contributed by atoms with E-state index in [1.54, 1.807) is 7.11 Å². The molecule has 0 spiro atoms. The van der Waals surface area contributed by atoms with E-state index in [0.29, 0.717) is 5.92 Å². The summed E-state index contributed by atoms with van der Waals surface area (Å²) in [5, 5.41) is 10.3. The van der Waals surface area contributed by atoms with Crippen molar-refractivity contribution in [1.82, 2.24) is 0 Å². The molecule has 1 rings (SSSR count). The normalized spacial score (nSPS) is 30.0. The summed E-state index contributed by atoms with van der Waals surface area (Å²) in [5.41, 5.74) is 0. The summed E-state index contributed by atoms with van der Waals surface area (Å²) in [4.78, 5) is 0. The number of aliphatic hydroxyl groups is 1. The van der Waals surface area contributed by atoms with Crippen molar-refractivity contribution in [2.75, 3.05) is 7.11 Å². The van der Waals surface area contributed by atoms with Gasteiger partial charge in [-0.25, -0.2) is 0 Å². The van der Waals surface area contributed by atoms with Crippen molar-refractivity contribution in [3.8, 4) is 0 Å². The summed E-state index contributed by atoms with van der Waals surface area (Å²) < 4.78 is 5.41. The summed E-state index contributed by atoms with van der Waals surface area (Å²) in [6.45, 7) is 4.42. The highest BCUT2D eigenvalue weighted by molar-refractivity contribution is 4.81. The molecule has 0 bridgehead atoms. The third-order valence-electron chi connectivity index (χ3n) is 4.21. The number of methoxy groups -OCH3 is 1. The first-order chi connectivity index (χ1) is 7.72. The first kappa shape index (κ1) is 14.0. The lowest BCUT2D eigenvalue weighted by Gasteiger charge is -2.34. The van der Waals surface area contributed by atoms with E-state index in [4.69, 9.17) is 4.74 Å². The molecule has 0 aliphatic heterocycles. The van der Waals surface area contributed by atoms with Gasteiger partial charge in [0.2, 0.25) is 0 Å². The van der Waals surface area contributed by atoms with Gasteiger partial charge in [-0.15, -0.1) is 0 Å². The van der Waals surface area contributed by atoms with Gasteiger partial charge in [0.05, 0.1) is 12.2 Å². The van der Waals surface area contributed by atoms with E-state index in [1.165, 1.54) is 32.1 Å². The standard InChI is InChI=1S/C14H28O2/c1-4-6-13(16-3)14(15)12-9-7-11(5-2)8-10-12/h11-15H,4-10H2,1-3H3. The second kappa shape index (κ2) is 7.29. The van der Waals surface area contributed by atoms with Crippen molar-refractivity contribution in [2.45, 2.75) is 71.0 Å². The first-order valence-electron chi connectivity index (χ1n) is 6.93. The molecule has 0 radical (unpaired) electrons. The van der Waals surface area contributed by atoms with Crippen LogP contribution in [-0.4, -0.2) is 24.4 Å². The molecular formula is C14H28O2. The molecule has 0 aromatic heterocycles. The van der Waals surface area contributed by atoms with Gasteiger partial charge in [-0.2, -0.15) is 0 Å². The van der Waals surface area contributed by atoms with Gasteiger partial charge in [0.15, 0.2) is 0 Å². The summed E-state index contributed by atoms with van der Waals surface area (Å²) in [6, 6.07) is 0. The van der Waals surface area contributed by atoms with Crippen molar-refractivity contribution < 1.29 is 9.84 Å². The fourth-order valence-corrected chi connectivity index (χ4v) is 2.95. The second-order valence-corrected chi connectivity index (χ2v) is 5.24. The number of hydrogen-bond donors (Lipinski definition) is 1. The van der Waals surface area contributed by atoms with Crippen molar-refractivity contribution in [3.05, 3.63) is 0 Å². The minimum Gasteiger partial charge on any atom is -0.390 e. The van der Waals surface area contributed by atoms with Gasteiger partial charge >= 0.3 is 0 Å². The Balaban J connectivity index is 2.39. The summed E-state index contributed by atoms with van der Waals surface area (Å²) >= 11 is 0. The molecule has 16 heavy (non-hydrogen) atoms. The smallest absolute Gasteiger partial charge is 0.0832 e. The Morgan fingerprint density at radius 2 is 1.81 bits per heavy atom. The van der Waals surface area contributed by atoms with Crippen LogP contribution in [0.15, 0.2) is 0 Å². The van der Waals surface area contributed by atoms with Crippen LogP contribution in [0, 0.1) is 11.8 Å². The predicted molar refractivity (Wildman–Crippen MR) is 67.5 cm³/mol. The third-order valence-corrected chi connectivity index (χ3v) is 4.21. The molecule has 1 saturated carbocycles. The van der Waals surface area contributed by atoms with Crippen LogP contribution in [0.5, 0.6) is 0 Å². The molecule has 2 nitrogen and oxygen atoms in total. The molecule has 2 heteroatoms. The van der Waals surface area contributed by atoms with Gasteiger partial charge < -0.3 is 9.84 Å². The van der Waals surface area contributed by atoms with Crippen molar-refractivity contribution in [1.29, 1.82) is 0 Å². The van der Waals surface area contributed by atoms with E-state index in [9.17, 15) is 5.11 Å². The molecule has 1 N–H and O–H groups in total. The number of hydrogen-bond acceptors (Lipinski definition) is 2. The quantitative estimate of drug-likeness (QED) is 0.755. The Morgan fingerprint density at radius 3 is 2.25 bits per heavy atom. The van der Waals surface area contributed by atoms with Crippen LogP contribution < -0.4 is 0 Å². The van der Waals surface area contributed by atoms with E-state index < -0.39 is 0 Å². The Hall–Kier alpha value is -0.0800. The minimum atomic E-state index is -0.247. The van der Waals surface area contributed by atoms with Crippen LogP contribution >= 0.6 is 0 Å². The molecule has 2 unspecified atom stereocenters. The van der Waals surface area contributed by atoms with Crippen molar-refractivity contribution in [3.63, 3.8) is 0 Å². The van der Waals surface area contributed by atoms with Crippen LogP contribution in [0.25, 0.3) is 0 Å². The highest BCUT2D eigenvalue weighted by atomic mass is 16.5. The molecule has 0 aromatic rings. The Labute approximate surface area is 100 Å². The van der Waals surface area contributed by atoms with Crippen LogP contribution in [-0.2, 0) is 4.74 Å². The van der Waals surface area contributed by atoms with Crippen LogP contribution in [0.4, 0.5) is 0 Å². The summed E-state index contributed by atoms with van der Waals surface area (Å²) in [5.74, 6) is 1.37. The third kappa shape index (κ3) is 3.74. The van der Waals surface area contributed by atoms with Crippen molar-refractivity contribution >= 4 is 0 Å². The summed E-state index contributed by atoms with van der Waals surface area (Å²) in [7, 11) is 1.72. The molecular weight excluding hydrogens is 200 g/mol. The average molecular weight is 228 g/mol. The van der Waals surface area contributed by atoms with Crippen LogP contribution in [0.1, 0.15) is 58.8 Å². The number of aliphatic hydroxyl groups excluding tert-OH is 1. The molecule has 1 aliphatic carbocycles. The molecule has 1 aliphatic rings. The SMILES string of the molecule is CCCC(OC)C(O)C1CCC(CC)CC1. The minimum absolute atomic E-state index is 0.0492. The van der Waals surface area contributed by atoms with Gasteiger partial charge in [-0.05, 0) is 31.1 Å². The zero-order chi connectivity index (χ0) is 12.0. The maximum atomic E-state index is 10.3. The molecule has 0 amide bonds. The fraction of sp³-hybridized carbons (Fsp3) is 1.00. The first-order valence-corrected chi connectivity index (χ1v) is 6.93. The summed E-state index contributed by atoms with van der Waals surface area (Å²) in [6.07, 6.45) is 8.11. The highest BCUT2D eigenvalue weighted by Gasteiger charge is 2.30. The van der Waals surface area contributed by atoms with Gasteiger partial charge in [0, 0.05) is 7.11 Å². The zero-order valence-corrected chi connectivity index (χ0v) is 11.1. The number of rotatable bonds is 6.